The summed E-state index contributed by atoms with van der Waals surface area (Å²) in [7, 11) is 3.37. The molecule has 0 aromatic rings. The molecule has 1 heterocycles. The van der Waals surface area contributed by atoms with Gasteiger partial charge in [0, 0.05) is 20.1 Å². The first-order valence-corrected chi connectivity index (χ1v) is 5.65. The summed E-state index contributed by atoms with van der Waals surface area (Å²) in [6, 6.07) is 0. The Kier molecular flexibility index (Phi) is 5.91. The van der Waals surface area contributed by atoms with Crippen LogP contribution in [0.2, 0.25) is 0 Å². The van der Waals surface area contributed by atoms with Crippen LogP contribution in [-0.2, 0) is 14.2 Å². The van der Waals surface area contributed by atoms with Crippen LogP contribution < -0.4 is 0 Å². The number of hydrogen-bond donors (Lipinski definition) is 0. The van der Waals surface area contributed by atoms with Gasteiger partial charge in [-0.2, -0.15) is 0 Å². The maximum Gasteiger partial charge on any atom is 0.162 e. The minimum absolute atomic E-state index is 0.132. The van der Waals surface area contributed by atoms with Crippen LogP contribution in [0.1, 0.15) is 26.2 Å². The second kappa shape index (κ2) is 6.99. The van der Waals surface area contributed by atoms with Crippen molar-refractivity contribution in [3.05, 3.63) is 12.2 Å². The third-order valence-electron chi connectivity index (χ3n) is 2.72. The second-order valence-corrected chi connectivity index (χ2v) is 3.83. The van der Waals surface area contributed by atoms with Gasteiger partial charge in [0.15, 0.2) is 6.29 Å². The summed E-state index contributed by atoms with van der Waals surface area (Å²) in [5.74, 6) is 0.363. The molecule has 0 unspecified atom stereocenters. The Morgan fingerprint density at radius 1 is 1.33 bits per heavy atom. The van der Waals surface area contributed by atoms with E-state index in [1.807, 2.05) is 0 Å². The number of methoxy groups -OCH3 is 2. The van der Waals surface area contributed by atoms with Gasteiger partial charge in [0.05, 0.1) is 12.7 Å². The van der Waals surface area contributed by atoms with Crippen molar-refractivity contribution in [2.75, 3.05) is 20.8 Å². The Bertz CT molecular complexity index is 183. The van der Waals surface area contributed by atoms with Crippen LogP contribution in [0.25, 0.3) is 0 Å². The third kappa shape index (κ3) is 4.33. The van der Waals surface area contributed by atoms with Crippen LogP contribution in [0.3, 0.4) is 0 Å². The lowest BCUT2D eigenvalue weighted by Gasteiger charge is -2.22. The molecule has 1 fully saturated rings. The molecule has 0 aromatic carbocycles. The van der Waals surface area contributed by atoms with Gasteiger partial charge in [-0.3, -0.25) is 0 Å². The molecule has 1 aliphatic rings. The van der Waals surface area contributed by atoms with Crippen molar-refractivity contribution in [2.45, 2.75) is 38.6 Å². The molecule has 3 nitrogen and oxygen atoms in total. The predicted molar refractivity (Wildman–Crippen MR) is 59.7 cm³/mol. The van der Waals surface area contributed by atoms with E-state index in [4.69, 9.17) is 14.2 Å². The predicted octanol–water partition coefficient (Wildman–Crippen LogP) is 2.37. The minimum atomic E-state index is -0.132. The molecule has 0 radical (unpaired) electrons. The summed E-state index contributed by atoms with van der Waals surface area (Å²) in [6.07, 6.45) is 7.85. The zero-order valence-electron chi connectivity index (χ0n) is 9.94. The van der Waals surface area contributed by atoms with Crippen LogP contribution in [-0.4, -0.2) is 33.2 Å². The number of ether oxygens (including phenoxy) is 3. The van der Waals surface area contributed by atoms with Crippen molar-refractivity contribution in [1.82, 2.24) is 0 Å². The molecule has 1 aliphatic heterocycles. The second-order valence-electron chi connectivity index (χ2n) is 3.83. The summed E-state index contributed by atoms with van der Waals surface area (Å²) in [5.41, 5.74) is 0. The standard InChI is InChI=1S/C12H22O3/c1-4-5-6-7-8-10(11-9-15-11)12(13-2)14-3/h5-6,10-12H,4,7-9H2,1-3H3/b6-5-/t10-,11-/m0/s1. The molecule has 2 atom stereocenters. The summed E-state index contributed by atoms with van der Waals surface area (Å²) in [5, 5.41) is 0. The zero-order chi connectivity index (χ0) is 11.1. The number of hydrogen-bond acceptors (Lipinski definition) is 3. The largest absolute Gasteiger partial charge is 0.373 e. The van der Waals surface area contributed by atoms with E-state index in [9.17, 15) is 0 Å². The van der Waals surface area contributed by atoms with Gasteiger partial charge < -0.3 is 14.2 Å². The van der Waals surface area contributed by atoms with Gasteiger partial charge in [-0.15, -0.1) is 0 Å². The maximum atomic E-state index is 5.33. The van der Waals surface area contributed by atoms with Crippen LogP contribution in [0.15, 0.2) is 12.2 Å². The van der Waals surface area contributed by atoms with Gasteiger partial charge >= 0.3 is 0 Å². The Labute approximate surface area is 92.4 Å². The summed E-state index contributed by atoms with van der Waals surface area (Å²) < 4.78 is 15.9. The molecule has 1 saturated heterocycles. The lowest BCUT2D eigenvalue weighted by molar-refractivity contribution is -0.143. The number of allylic oxidation sites excluding steroid dienone is 2. The van der Waals surface area contributed by atoms with Gasteiger partial charge in [0.2, 0.25) is 0 Å². The lowest BCUT2D eigenvalue weighted by atomic mass is 9.98. The van der Waals surface area contributed by atoms with Crippen molar-refractivity contribution in [1.29, 1.82) is 0 Å². The minimum Gasteiger partial charge on any atom is -0.373 e. The van der Waals surface area contributed by atoms with Gasteiger partial charge in [0.1, 0.15) is 0 Å². The quantitative estimate of drug-likeness (QED) is 0.353. The van der Waals surface area contributed by atoms with Crippen LogP contribution >= 0.6 is 0 Å². The highest BCUT2D eigenvalue weighted by atomic mass is 16.7. The highest BCUT2D eigenvalue weighted by Crippen LogP contribution is 2.29. The Balaban J connectivity index is 2.32. The van der Waals surface area contributed by atoms with E-state index in [2.05, 4.69) is 19.1 Å². The first-order valence-electron chi connectivity index (χ1n) is 5.65. The first kappa shape index (κ1) is 12.7. The average Bonchev–Trinajstić information content (AvgIpc) is 3.07. The van der Waals surface area contributed by atoms with Crippen molar-refractivity contribution < 1.29 is 14.2 Å². The molecule has 1 rings (SSSR count). The average molecular weight is 214 g/mol. The molecular weight excluding hydrogens is 192 g/mol. The van der Waals surface area contributed by atoms with E-state index in [0.717, 1.165) is 25.9 Å². The van der Waals surface area contributed by atoms with Crippen molar-refractivity contribution >= 4 is 0 Å². The fourth-order valence-corrected chi connectivity index (χ4v) is 1.82. The Morgan fingerprint density at radius 2 is 2.00 bits per heavy atom. The molecule has 0 aliphatic carbocycles. The van der Waals surface area contributed by atoms with E-state index >= 15 is 0 Å². The molecule has 0 saturated carbocycles. The first-order chi connectivity index (χ1) is 7.33. The van der Waals surface area contributed by atoms with Crippen molar-refractivity contribution in [3.8, 4) is 0 Å². The highest BCUT2D eigenvalue weighted by Gasteiger charge is 2.37. The monoisotopic (exact) mass is 214 g/mol. The normalized spacial score (nSPS) is 22.5. The van der Waals surface area contributed by atoms with Crippen LogP contribution in [0, 0.1) is 5.92 Å². The molecule has 0 N–H and O–H groups in total. The summed E-state index contributed by atoms with van der Waals surface area (Å²) in [4.78, 5) is 0. The fraction of sp³-hybridized carbons (Fsp3) is 0.833. The zero-order valence-corrected chi connectivity index (χ0v) is 9.94. The number of rotatable bonds is 8. The molecule has 0 spiro atoms. The smallest absolute Gasteiger partial charge is 0.162 e. The summed E-state index contributed by atoms with van der Waals surface area (Å²) >= 11 is 0. The number of epoxide rings is 1. The van der Waals surface area contributed by atoms with E-state index in [1.54, 1.807) is 14.2 Å². The molecule has 88 valence electrons. The van der Waals surface area contributed by atoms with E-state index < -0.39 is 0 Å². The SMILES string of the molecule is CC/C=C\CC[C@H](C(OC)OC)[C@@H]1CO1. The van der Waals surface area contributed by atoms with Gasteiger partial charge in [-0.05, 0) is 19.3 Å². The van der Waals surface area contributed by atoms with Crippen molar-refractivity contribution in [2.24, 2.45) is 5.92 Å². The Morgan fingerprint density at radius 3 is 2.47 bits per heavy atom. The van der Waals surface area contributed by atoms with Gasteiger partial charge in [-0.1, -0.05) is 19.1 Å². The molecule has 0 bridgehead atoms. The molecule has 0 amide bonds. The van der Waals surface area contributed by atoms with Gasteiger partial charge in [-0.25, -0.2) is 0 Å². The van der Waals surface area contributed by atoms with E-state index in [1.165, 1.54) is 0 Å². The fourth-order valence-electron chi connectivity index (χ4n) is 1.82. The molecule has 15 heavy (non-hydrogen) atoms. The van der Waals surface area contributed by atoms with Crippen LogP contribution in [0.4, 0.5) is 0 Å². The highest BCUT2D eigenvalue weighted by molar-refractivity contribution is 4.86. The molecule has 0 aromatic heterocycles. The van der Waals surface area contributed by atoms with E-state index in [0.29, 0.717) is 12.0 Å². The lowest BCUT2D eigenvalue weighted by Crippen LogP contribution is -2.29. The maximum absolute atomic E-state index is 5.33. The summed E-state index contributed by atoms with van der Waals surface area (Å²) in [6.45, 7) is 3.00. The topological polar surface area (TPSA) is 31.0 Å². The third-order valence-corrected chi connectivity index (χ3v) is 2.72. The van der Waals surface area contributed by atoms with Crippen LogP contribution in [0.5, 0.6) is 0 Å². The Hall–Kier alpha value is -0.380. The van der Waals surface area contributed by atoms with Crippen molar-refractivity contribution in [3.63, 3.8) is 0 Å². The van der Waals surface area contributed by atoms with E-state index in [-0.39, 0.29) is 6.29 Å². The molecular formula is C12H22O3. The van der Waals surface area contributed by atoms with Gasteiger partial charge in [0.25, 0.3) is 0 Å². The molecule has 3 heteroatoms.